The second-order valence-electron chi connectivity index (χ2n) is 6.20. The molecule has 1 N–H and O–H groups in total. The van der Waals surface area contributed by atoms with E-state index in [-0.39, 0.29) is 22.2 Å². The van der Waals surface area contributed by atoms with Crippen LogP contribution >= 0.6 is 23.2 Å². The van der Waals surface area contributed by atoms with E-state index < -0.39 is 18.7 Å². The fraction of sp³-hybridized carbons (Fsp3) is 0.158. The smallest absolute Gasteiger partial charge is 0.422 e. The molecule has 2 aromatic heterocycles. The number of benzene rings is 1. The maximum Gasteiger partial charge on any atom is 0.422 e. The molecule has 0 radical (unpaired) electrons. The van der Waals surface area contributed by atoms with Gasteiger partial charge in [-0.3, -0.25) is 15.2 Å². The van der Waals surface area contributed by atoms with Crippen molar-refractivity contribution in [2.24, 2.45) is 0 Å². The number of alkyl halides is 3. The number of aromatic nitrogens is 3. The van der Waals surface area contributed by atoms with Crippen molar-refractivity contribution in [1.29, 1.82) is 0 Å². The average molecular weight is 472 g/mol. The molecule has 12 heteroatoms. The van der Waals surface area contributed by atoms with Crippen LogP contribution in [0.15, 0.2) is 48.7 Å². The Morgan fingerprint density at radius 3 is 2.45 bits per heavy atom. The summed E-state index contributed by atoms with van der Waals surface area (Å²) in [6.07, 6.45) is -3.43. The third-order valence-corrected chi connectivity index (χ3v) is 4.33. The van der Waals surface area contributed by atoms with E-state index in [1.165, 1.54) is 24.2 Å². The van der Waals surface area contributed by atoms with E-state index in [0.717, 1.165) is 6.20 Å². The van der Waals surface area contributed by atoms with Crippen molar-refractivity contribution >= 4 is 34.9 Å². The molecule has 162 valence electrons. The summed E-state index contributed by atoms with van der Waals surface area (Å²) < 4.78 is 42.7. The maximum atomic E-state index is 12.7. The Kier molecular flexibility index (Phi) is 6.81. The second kappa shape index (κ2) is 9.36. The first-order chi connectivity index (χ1) is 14.6. The SMILES string of the molecule is CN(NC(=O)c1cnc(OCC(F)(F)F)c(-c2ccc(Cl)cc2)c1)c1ccc(Cl)nn1. The molecule has 0 spiro atoms. The highest BCUT2D eigenvalue weighted by atomic mass is 35.5. The van der Waals surface area contributed by atoms with Crippen LogP contribution in [0.5, 0.6) is 5.88 Å². The standard InChI is InChI=1S/C19H14Cl2F3N5O2/c1-29(16-7-6-15(21)26-27-16)28-17(30)12-8-14(11-2-4-13(20)5-3-11)18(25-9-12)31-10-19(22,23)24/h2-9H,10H2,1H3,(H,28,30). The Labute approximate surface area is 184 Å². The van der Waals surface area contributed by atoms with Crippen LogP contribution in [0.3, 0.4) is 0 Å². The highest BCUT2D eigenvalue weighted by Crippen LogP contribution is 2.31. The van der Waals surface area contributed by atoms with E-state index in [2.05, 4.69) is 20.6 Å². The van der Waals surface area contributed by atoms with Crippen molar-refractivity contribution in [1.82, 2.24) is 20.6 Å². The van der Waals surface area contributed by atoms with Crippen molar-refractivity contribution in [3.05, 3.63) is 64.4 Å². The van der Waals surface area contributed by atoms with Gasteiger partial charge in [-0.25, -0.2) is 4.98 Å². The predicted molar refractivity (Wildman–Crippen MR) is 109 cm³/mol. The summed E-state index contributed by atoms with van der Waals surface area (Å²) in [4.78, 5) is 16.6. The quantitative estimate of drug-likeness (QED) is 0.530. The monoisotopic (exact) mass is 471 g/mol. The fourth-order valence-electron chi connectivity index (χ4n) is 2.44. The van der Waals surface area contributed by atoms with Crippen molar-refractivity contribution in [2.75, 3.05) is 18.7 Å². The average Bonchev–Trinajstić information content (AvgIpc) is 2.72. The van der Waals surface area contributed by atoms with Gasteiger partial charge >= 0.3 is 6.18 Å². The molecule has 0 aliphatic carbocycles. The van der Waals surface area contributed by atoms with Gasteiger partial charge in [0.05, 0.1) is 5.56 Å². The van der Waals surface area contributed by atoms with Gasteiger partial charge < -0.3 is 4.74 Å². The molecular weight excluding hydrogens is 458 g/mol. The molecule has 31 heavy (non-hydrogen) atoms. The number of halogens is 5. The summed E-state index contributed by atoms with van der Waals surface area (Å²) in [5, 5.41) is 9.45. The van der Waals surface area contributed by atoms with E-state index in [0.29, 0.717) is 16.4 Å². The molecule has 0 fully saturated rings. The Hall–Kier alpha value is -3.11. The minimum Gasteiger partial charge on any atom is -0.468 e. The zero-order valence-corrected chi connectivity index (χ0v) is 17.3. The third-order valence-electron chi connectivity index (χ3n) is 3.87. The van der Waals surface area contributed by atoms with E-state index >= 15 is 0 Å². The first-order valence-electron chi connectivity index (χ1n) is 8.62. The van der Waals surface area contributed by atoms with Crippen LogP contribution in [0.2, 0.25) is 10.2 Å². The maximum absolute atomic E-state index is 12.7. The molecular formula is C19H14Cl2F3N5O2. The van der Waals surface area contributed by atoms with Crippen molar-refractivity contribution in [3.8, 4) is 17.0 Å². The molecule has 0 saturated carbocycles. The molecule has 0 bridgehead atoms. The van der Waals surface area contributed by atoms with E-state index in [4.69, 9.17) is 27.9 Å². The van der Waals surface area contributed by atoms with E-state index in [1.54, 1.807) is 30.3 Å². The van der Waals surface area contributed by atoms with Crippen LogP contribution in [0.1, 0.15) is 10.4 Å². The van der Waals surface area contributed by atoms with Gasteiger partial charge in [-0.2, -0.15) is 13.2 Å². The number of carbonyl (C=O) groups excluding carboxylic acids is 1. The lowest BCUT2D eigenvalue weighted by Crippen LogP contribution is -2.40. The molecule has 3 rings (SSSR count). The van der Waals surface area contributed by atoms with Gasteiger partial charge in [0.1, 0.15) is 0 Å². The Morgan fingerprint density at radius 2 is 1.84 bits per heavy atom. The van der Waals surface area contributed by atoms with Crippen LogP contribution < -0.4 is 15.2 Å². The largest absolute Gasteiger partial charge is 0.468 e. The molecule has 3 aromatic rings. The lowest BCUT2D eigenvalue weighted by molar-refractivity contribution is -0.154. The van der Waals surface area contributed by atoms with Gasteiger partial charge in [0.25, 0.3) is 5.91 Å². The molecule has 0 unspecified atom stereocenters. The molecule has 0 atom stereocenters. The summed E-state index contributed by atoms with van der Waals surface area (Å²) in [5.41, 5.74) is 3.31. The van der Waals surface area contributed by atoms with Crippen LogP contribution in [0, 0.1) is 0 Å². The number of carbonyl (C=O) groups is 1. The molecule has 7 nitrogen and oxygen atoms in total. The Morgan fingerprint density at radius 1 is 1.13 bits per heavy atom. The molecule has 0 aliphatic rings. The molecule has 0 aliphatic heterocycles. The van der Waals surface area contributed by atoms with Gasteiger partial charge in [0, 0.05) is 23.8 Å². The highest BCUT2D eigenvalue weighted by Gasteiger charge is 2.29. The van der Waals surface area contributed by atoms with E-state index in [9.17, 15) is 18.0 Å². The number of hydrogen-bond acceptors (Lipinski definition) is 6. The first-order valence-corrected chi connectivity index (χ1v) is 9.37. The molecule has 1 amide bonds. The number of pyridine rings is 1. The predicted octanol–water partition coefficient (Wildman–Crippen LogP) is 4.57. The summed E-state index contributed by atoms with van der Waals surface area (Å²) in [6.45, 7) is -1.52. The summed E-state index contributed by atoms with van der Waals surface area (Å²) >= 11 is 11.6. The fourth-order valence-corrected chi connectivity index (χ4v) is 2.67. The van der Waals surface area contributed by atoms with Gasteiger partial charge in [0.2, 0.25) is 5.88 Å². The van der Waals surface area contributed by atoms with Gasteiger partial charge in [-0.05, 0) is 35.9 Å². The van der Waals surface area contributed by atoms with Crippen LogP contribution in [-0.2, 0) is 0 Å². The number of rotatable bonds is 6. The van der Waals surface area contributed by atoms with Crippen molar-refractivity contribution in [2.45, 2.75) is 6.18 Å². The molecule has 0 saturated heterocycles. The van der Waals surface area contributed by atoms with Crippen molar-refractivity contribution < 1.29 is 22.7 Å². The summed E-state index contributed by atoms with van der Waals surface area (Å²) in [5.74, 6) is -0.536. The lowest BCUT2D eigenvalue weighted by atomic mass is 10.1. The number of nitrogens with zero attached hydrogens (tertiary/aromatic N) is 4. The minimum atomic E-state index is -4.54. The lowest BCUT2D eigenvalue weighted by Gasteiger charge is -2.19. The van der Waals surface area contributed by atoms with E-state index in [1.807, 2.05) is 0 Å². The van der Waals surface area contributed by atoms with Crippen LogP contribution in [0.25, 0.3) is 11.1 Å². The topological polar surface area (TPSA) is 80.2 Å². The van der Waals surface area contributed by atoms with Gasteiger partial charge in [-0.15, -0.1) is 10.2 Å². The third kappa shape index (κ3) is 6.19. The first kappa shape index (κ1) is 22.6. The number of anilines is 1. The normalized spacial score (nSPS) is 11.2. The Bertz CT molecular complexity index is 1060. The van der Waals surface area contributed by atoms with Gasteiger partial charge in [0.15, 0.2) is 17.6 Å². The summed E-state index contributed by atoms with van der Waals surface area (Å²) in [7, 11) is 1.53. The molecule has 2 heterocycles. The molecule has 1 aromatic carbocycles. The minimum absolute atomic E-state index is 0.0816. The number of nitrogens with one attached hydrogen (secondary N) is 1. The number of hydrogen-bond donors (Lipinski definition) is 1. The Balaban J connectivity index is 1.88. The number of hydrazine groups is 1. The van der Waals surface area contributed by atoms with Gasteiger partial charge in [-0.1, -0.05) is 35.3 Å². The second-order valence-corrected chi connectivity index (χ2v) is 7.03. The van der Waals surface area contributed by atoms with Crippen molar-refractivity contribution in [3.63, 3.8) is 0 Å². The number of ether oxygens (including phenoxy) is 1. The number of amides is 1. The zero-order chi connectivity index (χ0) is 22.6. The highest BCUT2D eigenvalue weighted by molar-refractivity contribution is 6.30. The zero-order valence-electron chi connectivity index (χ0n) is 15.8. The van der Waals surface area contributed by atoms with Crippen LogP contribution in [-0.4, -0.2) is 40.9 Å². The summed E-state index contributed by atoms with van der Waals surface area (Å²) in [6, 6.07) is 10.7. The van der Waals surface area contributed by atoms with Crippen LogP contribution in [0.4, 0.5) is 19.0 Å².